The third-order valence-electron chi connectivity index (χ3n) is 2.61. The van der Waals surface area contributed by atoms with Gasteiger partial charge in [0.05, 0.1) is 18.9 Å². The maximum absolute atomic E-state index is 11.5. The molecule has 3 N–H and O–H groups in total. The van der Waals surface area contributed by atoms with E-state index >= 15 is 0 Å². The minimum atomic E-state index is -0.795. The Balaban J connectivity index is 2.50. The van der Waals surface area contributed by atoms with Crippen molar-refractivity contribution in [2.75, 3.05) is 18.6 Å². The molecule has 5 heteroatoms. The number of hydrogen-bond acceptors (Lipinski definition) is 5. The largest absolute Gasteiger partial charge is 0.344 e. The minimum absolute atomic E-state index is 0.171. The van der Waals surface area contributed by atoms with Gasteiger partial charge in [0.1, 0.15) is 0 Å². The summed E-state index contributed by atoms with van der Waals surface area (Å²) in [6.45, 7) is 2.91. The zero-order chi connectivity index (χ0) is 11.6. The quantitative estimate of drug-likeness (QED) is 0.564. The number of rotatable bonds is 2. The molecule has 1 fully saturated rings. The molecule has 16 heavy (non-hydrogen) atoms. The number of nitrogens with one attached hydrogen (secondary N) is 1. The fraction of sp³-hybridized carbons (Fsp3) is 0.364. The fourth-order valence-electron chi connectivity index (χ4n) is 1.68. The first-order valence-electron chi connectivity index (χ1n) is 5.05. The van der Waals surface area contributed by atoms with Gasteiger partial charge in [-0.1, -0.05) is 12.1 Å². The van der Waals surface area contributed by atoms with E-state index in [0.717, 1.165) is 5.56 Å². The van der Waals surface area contributed by atoms with E-state index in [2.05, 4.69) is 5.43 Å². The second kappa shape index (κ2) is 4.21. The Bertz CT molecular complexity index is 442. The number of hydrazine groups is 1. The summed E-state index contributed by atoms with van der Waals surface area (Å²) in [5.41, 5.74) is 3.29. The average molecular weight is 222 g/mol. The number of nitrogen functional groups attached to an aromatic ring is 1. The Labute approximate surface area is 93.1 Å². The van der Waals surface area contributed by atoms with E-state index in [1.54, 1.807) is 18.2 Å². The van der Waals surface area contributed by atoms with Crippen molar-refractivity contribution in [3.8, 4) is 0 Å². The van der Waals surface area contributed by atoms with Crippen LogP contribution < -0.4 is 16.7 Å². The van der Waals surface area contributed by atoms with Gasteiger partial charge in [0.15, 0.2) is 5.79 Å². The number of hydrogen-bond donors (Lipinski definition) is 2. The van der Waals surface area contributed by atoms with Gasteiger partial charge in [0.2, 0.25) is 5.43 Å². The van der Waals surface area contributed by atoms with Crippen LogP contribution in [-0.4, -0.2) is 13.2 Å². The van der Waals surface area contributed by atoms with Gasteiger partial charge in [-0.05, 0) is 19.1 Å². The van der Waals surface area contributed by atoms with E-state index in [-0.39, 0.29) is 5.43 Å². The molecule has 0 unspecified atom stereocenters. The summed E-state index contributed by atoms with van der Waals surface area (Å²) in [5, 5.41) is 0. The first kappa shape index (κ1) is 11.1. The lowest BCUT2D eigenvalue weighted by atomic mass is 10.1. The minimum Gasteiger partial charge on any atom is -0.344 e. The van der Waals surface area contributed by atoms with E-state index in [4.69, 9.17) is 15.3 Å². The Hall–Kier alpha value is -1.43. The zero-order valence-corrected chi connectivity index (χ0v) is 9.03. The predicted octanol–water partition coefficient (Wildman–Crippen LogP) is 0.552. The molecule has 0 spiro atoms. The van der Waals surface area contributed by atoms with Crippen molar-refractivity contribution in [2.24, 2.45) is 5.84 Å². The van der Waals surface area contributed by atoms with Crippen LogP contribution in [0.1, 0.15) is 12.5 Å². The smallest absolute Gasteiger partial charge is 0.202 e. The van der Waals surface area contributed by atoms with Gasteiger partial charge >= 0.3 is 0 Å². The zero-order valence-electron chi connectivity index (χ0n) is 9.03. The summed E-state index contributed by atoms with van der Waals surface area (Å²) in [7, 11) is 0. The SMILES string of the molecule is CC1(c2cccc(=O)c(NN)c2)OCCO1. The average Bonchev–Trinajstić information content (AvgIpc) is 2.61. The maximum atomic E-state index is 11.5. The Morgan fingerprint density at radius 1 is 1.38 bits per heavy atom. The highest BCUT2D eigenvalue weighted by atomic mass is 16.7. The second-order valence-electron chi connectivity index (χ2n) is 3.69. The van der Waals surface area contributed by atoms with Gasteiger partial charge in [-0.15, -0.1) is 0 Å². The van der Waals surface area contributed by atoms with Crippen molar-refractivity contribution in [1.29, 1.82) is 0 Å². The molecule has 1 heterocycles. The first-order chi connectivity index (χ1) is 7.65. The van der Waals surface area contributed by atoms with E-state index in [9.17, 15) is 4.79 Å². The highest BCUT2D eigenvalue weighted by molar-refractivity contribution is 5.44. The third-order valence-corrected chi connectivity index (χ3v) is 2.61. The lowest BCUT2D eigenvalue weighted by Crippen LogP contribution is -2.22. The van der Waals surface area contributed by atoms with E-state index in [1.165, 1.54) is 6.07 Å². The summed E-state index contributed by atoms with van der Waals surface area (Å²) in [4.78, 5) is 11.5. The second-order valence-corrected chi connectivity index (χ2v) is 3.69. The summed E-state index contributed by atoms with van der Waals surface area (Å²) in [5.74, 6) is 4.49. The summed E-state index contributed by atoms with van der Waals surface area (Å²) >= 11 is 0. The molecule has 0 saturated carbocycles. The highest BCUT2D eigenvalue weighted by Gasteiger charge is 2.33. The standard InChI is InChI=1S/C11H14N2O3/c1-11(15-5-6-16-11)8-3-2-4-10(14)9(7-8)13-12/h2-4,7H,5-6,12H2,1H3,(H,13,14). The molecular weight excluding hydrogens is 208 g/mol. The highest BCUT2D eigenvalue weighted by Crippen LogP contribution is 2.30. The van der Waals surface area contributed by atoms with Crippen molar-refractivity contribution in [1.82, 2.24) is 0 Å². The molecule has 0 radical (unpaired) electrons. The van der Waals surface area contributed by atoms with Crippen LogP contribution in [0.4, 0.5) is 5.69 Å². The van der Waals surface area contributed by atoms with Crippen molar-refractivity contribution in [3.05, 3.63) is 40.1 Å². The molecule has 1 aliphatic heterocycles. The van der Waals surface area contributed by atoms with Crippen LogP contribution >= 0.6 is 0 Å². The molecule has 0 atom stereocenters. The number of nitrogens with two attached hydrogens (primary N) is 1. The topological polar surface area (TPSA) is 73.6 Å². The lowest BCUT2D eigenvalue weighted by molar-refractivity contribution is -0.149. The van der Waals surface area contributed by atoms with Crippen molar-refractivity contribution in [2.45, 2.75) is 12.7 Å². The fourth-order valence-corrected chi connectivity index (χ4v) is 1.68. The van der Waals surface area contributed by atoms with Crippen LogP contribution in [0.5, 0.6) is 0 Å². The lowest BCUT2D eigenvalue weighted by Gasteiger charge is -2.21. The van der Waals surface area contributed by atoms with Gasteiger partial charge in [-0.25, -0.2) is 0 Å². The van der Waals surface area contributed by atoms with Gasteiger partial charge in [-0.2, -0.15) is 0 Å². The van der Waals surface area contributed by atoms with E-state index in [1.807, 2.05) is 6.92 Å². The van der Waals surface area contributed by atoms with Crippen molar-refractivity contribution >= 4 is 5.69 Å². The summed E-state index contributed by atoms with van der Waals surface area (Å²) in [6, 6.07) is 6.53. The molecule has 0 aliphatic carbocycles. The third kappa shape index (κ3) is 1.92. The molecule has 1 aliphatic rings. The molecule has 1 aromatic carbocycles. The number of anilines is 1. The van der Waals surface area contributed by atoms with Crippen LogP contribution in [-0.2, 0) is 15.3 Å². The van der Waals surface area contributed by atoms with Gasteiger partial charge < -0.3 is 14.9 Å². The molecule has 1 aromatic rings. The van der Waals surface area contributed by atoms with E-state index in [0.29, 0.717) is 18.9 Å². The normalized spacial score (nSPS) is 18.4. The Kier molecular flexibility index (Phi) is 2.91. The summed E-state index contributed by atoms with van der Waals surface area (Å²) < 4.78 is 11.0. The van der Waals surface area contributed by atoms with Gasteiger partial charge in [0.25, 0.3) is 0 Å². The van der Waals surface area contributed by atoms with Gasteiger partial charge in [0, 0.05) is 5.56 Å². The predicted molar refractivity (Wildman–Crippen MR) is 59.8 cm³/mol. The molecule has 0 amide bonds. The van der Waals surface area contributed by atoms with Crippen LogP contribution in [0, 0.1) is 0 Å². The Morgan fingerprint density at radius 2 is 2.06 bits per heavy atom. The van der Waals surface area contributed by atoms with Crippen LogP contribution in [0.25, 0.3) is 0 Å². The molecule has 0 bridgehead atoms. The molecular formula is C11H14N2O3. The molecule has 0 aromatic heterocycles. The van der Waals surface area contributed by atoms with Crippen molar-refractivity contribution in [3.63, 3.8) is 0 Å². The molecule has 5 nitrogen and oxygen atoms in total. The van der Waals surface area contributed by atoms with E-state index < -0.39 is 5.79 Å². The Morgan fingerprint density at radius 3 is 2.69 bits per heavy atom. The molecule has 1 saturated heterocycles. The maximum Gasteiger partial charge on any atom is 0.202 e. The van der Waals surface area contributed by atoms with Gasteiger partial charge in [-0.3, -0.25) is 10.6 Å². The number of ether oxygens (including phenoxy) is 2. The summed E-state index contributed by atoms with van der Waals surface area (Å²) in [6.07, 6.45) is 0. The monoisotopic (exact) mass is 222 g/mol. The first-order valence-corrected chi connectivity index (χ1v) is 5.05. The van der Waals surface area contributed by atoms with Crippen molar-refractivity contribution < 1.29 is 9.47 Å². The van der Waals surface area contributed by atoms with Crippen LogP contribution in [0.2, 0.25) is 0 Å². The van der Waals surface area contributed by atoms with Crippen LogP contribution in [0.15, 0.2) is 29.1 Å². The van der Waals surface area contributed by atoms with Crippen LogP contribution in [0.3, 0.4) is 0 Å². The molecule has 2 rings (SSSR count). The molecule has 86 valence electrons.